The lowest BCUT2D eigenvalue weighted by atomic mass is 10.0. The van der Waals surface area contributed by atoms with E-state index in [4.69, 9.17) is 13.8 Å². The number of esters is 1. The van der Waals surface area contributed by atoms with Gasteiger partial charge in [-0.2, -0.15) is 0 Å². The maximum Gasteiger partial charge on any atom is 0.472 e. The molecule has 11 nitrogen and oxygen atoms in total. The highest BCUT2D eigenvalue weighted by Gasteiger charge is 2.28. The molecule has 0 bridgehead atoms. The summed E-state index contributed by atoms with van der Waals surface area (Å²) in [5, 5.41) is 22.0. The maximum absolute atomic E-state index is 12.4. The van der Waals surface area contributed by atoms with Crippen LogP contribution in [0.15, 0.2) is 36.5 Å². The van der Waals surface area contributed by atoms with Crippen molar-refractivity contribution < 1.29 is 47.8 Å². The van der Waals surface area contributed by atoms with E-state index >= 15 is 0 Å². The lowest BCUT2D eigenvalue weighted by Gasteiger charge is -2.18. The number of unbranched alkanes of at least 4 members (excludes halogenated alkanes) is 36. The summed E-state index contributed by atoms with van der Waals surface area (Å²) in [6.45, 7) is 2.63. The Kier molecular flexibility index (Phi) is 52.2. The number of carbonyl (C=O) groups excluding carboxylic acids is 2. The predicted octanol–water partition coefficient (Wildman–Crippen LogP) is 17.1. The number of aliphatic carboxylic acids is 1. The third kappa shape index (κ3) is 53.8. The topological polar surface area (TPSA) is 169 Å². The van der Waals surface area contributed by atoms with Crippen molar-refractivity contribution in [3.8, 4) is 0 Å². The third-order valence-corrected chi connectivity index (χ3v) is 14.1. The van der Waals surface area contributed by atoms with Crippen LogP contribution in [-0.2, 0) is 32.7 Å². The van der Waals surface area contributed by atoms with Gasteiger partial charge in [-0.05, 0) is 51.4 Å². The molecule has 416 valence electrons. The number of carboxylic acid groups (broad SMARTS) is 1. The van der Waals surface area contributed by atoms with E-state index in [0.717, 1.165) is 64.2 Å². The van der Waals surface area contributed by atoms with E-state index in [1.54, 1.807) is 0 Å². The van der Waals surface area contributed by atoms with Gasteiger partial charge in [0.2, 0.25) is 5.91 Å². The van der Waals surface area contributed by atoms with Crippen molar-refractivity contribution in [1.29, 1.82) is 0 Å². The van der Waals surface area contributed by atoms with Crippen LogP contribution in [0, 0.1) is 0 Å². The average molecular weight is 1020 g/mol. The molecule has 0 spiro atoms. The van der Waals surface area contributed by atoms with E-state index in [1.807, 2.05) is 0 Å². The first kappa shape index (κ1) is 68.7. The highest BCUT2D eigenvalue weighted by Crippen LogP contribution is 2.43. The number of rotatable bonds is 56. The van der Waals surface area contributed by atoms with Gasteiger partial charge < -0.3 is 25.2 Å². The van der Waals surface area contributed by atoms with Gasteiger partial charge in [0.15, 0.2) is 6.04 Å². The highest BCUT2D eigenvalue weighted by molar-refractivity contribution is 7.47. The van der Waals surface area contributed by atoms with Crippen LogP contribution in [0.1, 0.15) is 290 Å². The van der Waals surface area contributed by atoms with Crippen molar-refractivity contribution in [1.82, 2.24) is 5.32 Å². The molecule has 12 heteroatoms. The van der Waals surface area contributed by atoms with Gasteiger partial charge in [0, 0.05) is 12.8 Å². The first-order chi connectivity index (χ1) is 34.6. The number of ether oxygens (including phenoxy) is 1. The molecule has 0 aliphatic carbocycles. The third-order valence-electron chi connectivity index (χ3n) is 13.2. The number of aliphatic hydroxyl groups is 1. The molecule has 0 aliphatic rings. The molecule has 0 aromatic heterocycles. The Hall–Kier alpha value is -2.30. The molecule has 0 aliphatic heterocycles. The summed E-state index contributed by atoms with van der Waals surface area (Å²) < 4.78 is 27.1. The van der Waals surface area contributed by atoms with E-state index in [9.17, 15) is 34.1 Å². The van der Waals surface area contributed by atoms with Crippen LogP contribution in [-0.4, -0.2) is 64.9 Å². The fraction of sp³-hybridized carbons (Fsp3) is 0.847. The molecule has 0 saturated carbocycles. The van der Waals surface area contributed by atoms with Gasteiger partial charge in [-0.25, -0.2) is 9.36 Å². The van der Waals surface area contributed by atoms with Gasteiger partial charge in [-0.1, -0.05) is 262 Å². The molecule has 3 unspecified atom stereocenters. The Morgan fingerprint density at radius 2 is 0.775 bits per heavy atom. The number of hydrogen-bond acceptors (Lipinski definition) is 8. The molecule has 1 amide bonds. The van der Waals surface area contributed by atoms with Gasteiger partial charge >= 0.3 is 19.8 Å². The maximum atomic E-state index is 12.4. The molecule has 0 radical (unpaired) electrons. The molecule has 3 atom stereocenters. The Bertz CT molecular complexity index is 1340. The summed E-state index contributed by atoms with van der Waals surface area (Å²) in [6.07, 6.45) is 63.2. The Morgan fingerprint density at radius 1 is 0.451 bits per heavy atom. The molecule has 0 heterocycles. The van der Waals surface area contributed by atoms with Gasteiger partial charge in [0.25, 0.3) is 0 Å². The van der Waals surface area contributed by atoms with E-state index < -0.39 is 57.6 Å². The lowest BCUT2D eigenvalue weighted by Crippen LogP contribution is -2.43. The zero-order chi connectivity index (χ0) is 52.0. The molecule has 0 aromatic carbocycles. The average Bonchev–Trinajstić information content (AvgIpc) is 3.35. The van der Waals surface area contributed by atoms with Gasteiger partial charge in [-0.15, -0.1) is 0 Å². The van der Waals surface area contributed by atoms with Crippen LogP contribution in [0.5, 0.6) is 0 Å². The van der Waals surface area contributed by atoms with E-state index in [0.29, 0.717) is 12.8 Å². The fourth-order valence-corrected chi connectivity index (χ4v) is 9.39. The normalized spacial score (nSPS) is 13.6. The van der Waals surface area contributed by atoms with Crippen molar-refractivity contribution in [2.24, 2.45) is 0 Å². The summed E-state index contributed by atoms with van der Waals surface area (Å²) in [6, 6.07) is -1.55. The molecule has 0 fully saturated rings. The number of hydrogen-bond donors (Lipinski definition) is 4. The first-order valence-electron chi connectivity index (χ1n) is 29.5. The summed E-state index contributed by atoms with van der Waals surface area (Å²) in [4.78, 5) is 46.3. The van der Waals surface area contributed by atoms with E-state index in [-0.39, 0.29) is 12.8 Å². The summed E-state index contributed by atoms with van der Waals surface area (Å²) in [7, 11) is -4.77. The van der Waals surface area contributed by atoms with Crippen LogP contribution in [0.4, 0.5) is 0 Å². The molecule has 71 heavy (non-hydrogen) atoms. The number of amides is 1. The molecule has 0 aromatic rings. The second kappa shape index (κ2) is 54.0. The minimum Gasteiger partial charge on any atom is -0.480 e. The SMILES string of the molecule is CCCCC/C=C\C/C=C\C/C=C\CCCCCCCCCCCCC(=O)NC(COP(=O)(O)OCC(O)COC(=O)CCCCCCCCCCCCCCCCCCCCCCCCCC)C(=O)O. The van der Waals surface area contributed by atoms with Gasteiger partial charge in [0.05, 0.1) is 13.2 Å². The summed E-state index contributed by atoms with van der Waals surface area (Å²) >= 11 is 0. The molecule has 4 N–H and O–H groups in total. The Labute approximate surface area is 435 Å². The zero-order valence-corrected chi connectivity index (χ0v) is 46.7. The number of carbonyl (C=O) groups is 3. The smallest absolute Gasteiger partial charge is 0.472 e. The van der Waals surface area contributed by atoms with Crippen LogP contribution < -0.4 is 5.32 Å². The molecule has 0 saturated heterocycles. The fourth-order valence-electron chi connectivity index (χ4n) is 8.62. The van der Waals surface area contributed by atoms with Gasteiger partial charge in [-0.3, -0.25) is 18.6 Å². The number of aliphatic hydroxyl groups excluding tert-OH is 1. The number of allylic oxidation sites excluding steroid dienone is 6. The second-order valence-corrected chi connectivity index (χ2v) is 21.6. The van der Waals surface area contributed by atoms with Crippen molar-refractivity contribution in [3.05, 3.63) is 36.5 Å². The largest absolute Gasteiger partial charge is 0.480 e. The minimum absolute atomic E-state index is 0.142. The van der Waals surface area contributed by atoms with E-state index in [2.05, 4.69) is 55.6 Å². The lowest BCUT2D eigenvalue weighted by molar-refractivity contribution is -0.147. The van der Waals surface area contributed by atoms with E-state index in [1.165, 1.54) is 186 Å². The van der Waals surface area contributed by atoms with Crippen molar-refractivity contribution in [2.75, 3.05) is 19.8 Å². The quantitative estimate of drug-likeness (QED) is 0.0199. The standard InChI is InChI=1S/C59H110NO10P/c1-3-5-7-9-11-13-15-17-19-21-23-25-27-29-31-33-35-37-39-41-43-45-47-49-51-58(63)68-52-55(61)53-69-71(66,67)70-54-56(59(64)65)60-57(62)50-48-46-44-42-40-38-36-34-32-30-28-26-24-22-20-18-16-14-12-10-8-6-4-2/h12,14,18,20,24,26,55-56,61H,3-11,13,15-17,19,21-23,25,27-54H2,1-2H3,(H,60,62)(H,64,65)(H,66,67)/b14-12-,20-18-,26-24-. The number of carboxylic acids is 1. The van der Waals surface area contributed by atoms with Crippen molar-refractivity contribution in [3.63, 3.8) is 0 Å². The van der Waals surface area contributed by atoms with Crippen molar-refractivity contribution >= 4 is 25.7 Å². The Balaban J connectivity index is 3.75. The van der Waals surface area contributed by atoms with Gasteiger partial charge in [0.1, 0.15) is 12.7 Å². The first-order valence-corrected chi connectivity index (χ1v) is 31.0. The summed E-state index contributed by atoms with van der Waals surface area (Å²) in [5.74, 6) is -2.36. The molecular formula is C59H110NO10P. The molecule has 0 rings (SSSR count). The van der Waals surface area contributed by atoms with Crippen molar-refractivity contribution in [2.45, 2.75) is 302 Å². The Morgan fingerprint density at radius 3 is 1.18 bits per heavy atom. The predicted molar refractivity (Wildman–Crippen MR) is 296 cm³/mol. The summed E-state index contributed by atoms with van der Waals surface area (Å²) in [5.41, 5.74) is 0. The molecular weight excluding hydrogens is 914 g/mol. The van der Waals surface area contributed by atoms with Crippen LogP contribution in [0.25, 0.3) is 0 Å². The van der Waals surface area contributed by atoms with Crippen LogP contribution >= 0.6 is 7.82 Å². The number of nitrogens with one attached hydrogen (secondary N) is 1. The highest BCUT2D eigenvalue weighted by atomic mass is 31.2. The monoisotopic (exact) mass is 1020 g/mol. The van der Waals surface area contributed by atoms with Crippen LogP contribution in [0.3, 0.4) is 0 Å². The zero-order valence-electron chi connectivity index (χ0n) is 45.8. The number of phosphoric ester groups is 1. The number of phosphoric acid groups is 1. The minimum atomic E-state index is -4.77. The second-order valence-electron chi connectivity index (χ2n) is 20.2. The van der Waals surface area contributed by atoms with Crippen LogP contribution in [0.2, 0.25) is 0 Å².